The minimum atomic E-state index is 0.776. The Kier molecular flexibility index (Phi) is 6.37. The lowest BCUT2D eigenvalue weighted by atomic mass is 10.2. The maximum Gasteiger partial charge on any atom is 0.0203 e. The van der Waals surface area contributed by atoms with E-state index in [1.807, 2.05) is 0 Å². The number of nitrogens with zero attached hydrogens (tertiary/aromatic N) is 1. The molecule has 0 aromatic carbocycles. The SMILES string of the molecule is C=C(CNCCC)CN(C)C1CCSC1. The molecule has 1 unspecified atom stereocenters. The minimum absolute atomic E-state index is 0.776. The average Bonchev–Trinajstić information content (AvgIpc) is 2.70. The van der Waals surface area contributed by atoms with E-state index in [1.165, 1.54) is 29.9 Å². The summed E-state index contributed by atoms with van der Waals surface area (Å²) in [5.41, 5.74) is 1.31. The smallest absolute Gasteiger partial charge is 0.0203 e. The molecule has 1 rings (SSSR count). The van der Waals surface area contributed by atoms with Crippen LogP contribution in [-0.2, 0) is 0 Å². The molecule has 0 aliphatic carbocycles. The maximum absolute atomic E-state index is 4.13. The summed E-state index contributed by atoms with van der Waals surface area (Å²) < 4.78 is 0. The van der Waals surface area contributed by atoms with E-state index >= 15 is 0 Å². The van der Waals surface area contributed by atoms with E-state index in [2.05, 4.69) is 42.5 Å². The van der Waals surface area contributed by atoms with Crippen LogP contribution in [0.5, 0.6) is 0 Å². The molecule has 3 heteroatoms. The van der Waals surface area contributed by atoms with Crippen LogP contribution in [0.2, 0.25) is 0 Å². The molecule has 1 fully saturated rings. The van der Waals surface area contributed by atoms with Crippen LogP contribution < -0.4 is 5.32 Å². The average molecular weight is 228 g/mol. The maximum atomic E-state index is 4.13. The predicted octanol–water partition coefficient (Wildman–Crippen LogP) is 1.98. The monoisotopic (exact) mass is 228 g/mol. The Labute approximate surface area is 98.5 Å². The molecule has 1 aliphatic heterocycles. The standard InChI is InChI=1S/C12H24N2S/c1-4-6-13-8-11(2)9-14(3)12-5-7-15-10-12/h12-13H,2,4-10H2,1,3H3. The van der Waals surface area contributed by atoms with Crippen molar-refractivity contribution in [2.75, 3.05) is 38.2 Å². The number of nitrogens with one attached hydrogen (secondary N) is 1. The van der Waals surface area contributed by atoms with Crippen LogP contribution in [0, 0.1) is 0 Å². The first-order valence-corrected chi connectivity index (χ1v) is 7.05. The fourth-order valence-electron chi connectivity index (χ4n) is 1.85. The Morgan fingerprint density at radius 3 is 3.00 bits per heavy atom. The van der Waals surface area contributed by atoms with Gasteiger partial charge in [-0.1, -0.05) is 13.5 Å². The minimum Gasteiger partial charge on any atom is -0.313 e. The largest absolute Gasteiger partial charge is 0.313 e. The van der Waals surface area contributed by atoms with Crippen LogP contribution in [0.4, 0.5) is 0 Å². The molecule has 0 radical (unpaired) electrons. The first kappa shape index (κ1) is 13.1. The van der Waals surface area contributed by atoms with Gasteiger partial charge < -0.3 is 5.32 Å². The predicted molar refractivity (Wildman–Crippen MR) is 70.7 cm³/mol. The first-order valence-electron chi connectivity index (χ1n) is 5.89. The highest BCUT2D eigenvalue weighted by atomic mass is 32.2. The van der Waals surface area contributed by atoms with Crippen molar-refractivity contribution in [1.29, 1.82) is 0 Å². The zero-order chi connectivity index (χ0) is 11.1. The zero-order valence-corrected chi connectivity index (χ0v) is 10.9. The highest BCUT2D eigenvalue weighted by molar-refractivity contribution is 7.99. The Balaban J connectivity index is 2.13. The summed E-state index contributed by atoms with van der Waals surface area (Å²) in [4.78, 5) is 2.45. The van der Waals surface area contributed by atoms with Gasteiger partial charge in [0.25, 0.3) is 0 Å². The van der Waals surface area contributed by atoms with Gasteiger partial charge in [-0.15, -0.1) is 0 Å². The van der Waals surface area contributed by atoms with Crippen LogP contribution in [0.25, 0.3) is 0 Å². The van der Waals surface area contributed by atoms with Crippen molar-refractivity contribution in [2.24, 2.45) is 0 Å². The topological polar surface area (TPSA) is 15.3 Å². The summed E-state index contributed by atoms with van der Waals surface area (Å²) >= 11 is 2.07. The summed E-state index contributed by atoms with van der Waals surface area (Å²) in [6.45, 7) is 9.43. The number of thioether (sulfide) groups is 1. The van der Waals surface area contributed by atoms with Crippen LogP contribution in [0.3, 0.4) is 0 Å². The van der Waals surface area contributed by atoms with E-state index in [0.717, 1.165) is 25.7 Å². The van der Waals surface area contributed by atoms with E-state index in [0.29, 0.717) is 0 Å². The van der Waals surface area contributed by atoms with Gasteiger partial charge >= 0.3 is 0 Å². The second-order valence-corrected chi connectivity index (χ2v) is 5.51. The quantitative estimate of drug-likeness (QED) is 0.530. The molecular weight excluding hydrogens is 204 g/mol. The van der Waals surface area contributed by atoms with Gasteiger partial charge in [-0.3, -0.25) is 4.90 Å². The normalized spacial score (nSPS) is 21.1. The van der Waals surface area contributed by atoms with Crippen molar-refractivity contribution in [3.05, 3.63) is 12.2 Å². The third-order valence-corrected chi connectivity index (χ3v) is 3.95. The summed E-state index contributed by atoms with van der Waals surface area (Å²) in [5.74, 6) is 2.63. The highest BCUT2D eigenvalue weighted by Gasteiger charge is 2.19. The second kappa shape index (κ2) is 7.31. The Bertz CT molecular complexity index is 188. The van der Waals surface area contributed by atoms with Gasteiger partial charge in [-0.2, -0.15) is 11.8 Å². The number of hydrogen-bond donors (Lipinski definition) is 1. The summed E-state index contributed by atoms with van der Waals surface area (Å²) in [6.07, 6.45) is 2.54. The van der Waals surface area contributed by atoms with Crippen molar-refractivity contribution in [1.82, 2.24) is 10.2 Å². The molecule has 0 saturated carbocycles. The third-order valence-electron chi connectivity index (χ3n) is 2.80. The van der Waals surface area contributed by atoms with Crippen LogP contribution in [0.1, 0.15) is 19.8 Å². The van der Waals surface area contributed by atoms with E-state index in [9.17, 15) is 0 Å². The fourth-order valence-corrected chi connectivity index (χ4v) is 3.15. The number of hydrogen-bond acceptors (Lipinski definition) is 3. The van der Waals surface area contributed by atoms with E-state index in [1.54, 1.807) is 0 Å². The van der Waals surface area contributed by atoms with E-state index < -0.39 is 0 Å². The van der Waals surface area contributed by atoms with Crippen molar-refractivity contribution < 1.29 is 0 Å². The van der Waals surface area contributed by atoms with Gasteiger partial charge in [0.1, 0.15) is 0 Å². The highest BCUT2D eigenvalue weighted by Crippen LogP contribution is 2.21. The van der Waals surface area contributed by atoms with Crippen molar-refractivity contribution in [3.63, 3.8) is 0 Å². The molecule has 0 bridgehead atoms. The molecule has 0 amide bonds. The lowest BCUT2D eigenvalue weighted by Gasteiger charge is -2.24. The molecule has 15 heavy (non-hydrogen) atoms. The second-order valence-electron chi connectivity index (χ2n) is 4.36. The van der Waals surface area contributed by atoms with E-state index in [4.69, 9.17) is 0 Å². The Hall–Kier alpha value is 0.0100. The van der Waals surface area contributed by atoms with E-state index in [-0.39, 0.29) is 0 Å². The summed E-state index contributed by atoms with van der Waals surface area (Å²) in [6, 6.07) is 0.776. The third kappa shape index (κ3) is 5.05. The molecule has 1 atom stereocenters. The fraction of sp³-hybridized carbons (Fsp3) is 0.833. The zero-order valence-electron chi connectivity index (χ0n) is 10.1. The Morgan fingerprint density at radius 1 is 1.60 bits per heavy atom. The Morgan fingerprint density at radius 2 is 2.40 bits per heavy atom. The molecule has 1 heterocycles. The van der Waals surface area contributed by atoms with Gasteiger partial charge in [0.2, 0.25) is 0 Å². The lowest BCUT2D eigenvalue weighted by Crippen LogP contribution is -2.34. The van der Waals surface area contributed by atoms with Crippen LogP contribution in [-0.4, -0.2) is 49.1 Å². The molecule has 0 spiro atoms. The van der Waals surface area contributed by atoms with Gasteiger partial charge in [-0.05, 0) is 37.8 Å². The molecule has 88 valence electrons. The summed E-state index contributed by atoms with van der Waals surface area (Å²) in [5, 5.41) is 3.40. The van der Waals surface area contributed by atoms with Crippen molar-refractivity contribution in [3.8, 4) is 0 Å². The van der Waals surface area contributed by atoms with Gasteiger partial charge in [0.05, 0.1) is 0 Å². The van der Waals surface area contributed by atoms with Crippen LogP contribution in [0.15, 0.2) is 12.2 Å². The summed E-state index contributed by atoms with van der Waals surface area (Å²) in [7, 11) is 2.22. The molecule has 1 aliphatic rings. The van der Waals surface area contributed by atoms with Gasteiger partial charge in [0, 0.05) is 24.9 Å². The molecular formula is C12H24N2S. The van der Waals surface area contributed by atoms with Crippen LogP contribution >= 0.6 is 11.8 Å². The molecule has 1 N–H and O–H groups in total. The molecule has 1 saturated heterocycles. The molecule has 2 nitrogen and oxygen atoms in total. The first-order chi connectivity index (χ1) is 7.24. The number of likely N-dealkylation sites (N-methyl/N-ethyl adjacent to an activating group) is 1. The lowest BCUT2D eigenvalue weighted by molar-refractivity contribution is 0.282. The molecule has 0 aromatic rings. The number of rotatable bonds is 7. The van der Waals surface area contributed by atoms with Crippen molar-refractivity contribution >= 4 is 11.8 Å². The molecule has 0 aromatic heterocycles. The van der Waals surface area contributed by atoms with Crippen molar-refractivity contribution in [2.45, 2.75) is 25.8 Å². The van der Waals surface area contributed by atoms with Gasteiger partial charge in [0.15, 0.2) is 0 Å². The van der Waals surface area contributed by atoms with Gasteiger partial charge in [-0.25, -0.2) is 0 Å².